The van der Waals surface area contributed by atoms with Gasteiger partial charge in [-0.25, -0.2) is 4.79 Å². The Morgan fingerprint density at radius 3 is 2.75 bits per heavy atom. The van der Waals surface area contributed by atoms with E-state index in [0.29, 0.717) is 25.3 Å². The minimum Gasteiger partial charge on any atom is -0.491 e. The number of piperidine rings is 1. The number of carbonyl (C=O) groups is 2. The number of furan rings is 1. The van der Waals surface area contributed by atoms with Crippen LogP contribution in [0.25, 0.3) is 0 Å². The summed E-state index contributed by atoms with van der Waals surface area (Å²) in [5.41, 5.74) is 0.421. The summed E-state index contributed by atoms with van der Waals surface area (Å²) in [5.74, 6) is -1.99. The maximum absolute atomic E-state index is 12.7. The molecular formula is C21H23F3N2O6. The number of carbonyl (C=O) groups excluding carboxylic acids is 1. The molecule has 1 amide bonds. The zero-order chi connectivity index (χ0) is 23.2. The van der Waals surface area contributed by atoms with Gasteiger partial charge in [0.2, 0.25) is 0 Å². The van der Waals surface area contributed by atoms with Crippen LogP contribution in [0, 0.1) is 5.41 Å². The van der Waals surface area contributed by atoms with Crippen LogP contribution in [-0.2, 0) is 9.53 Å². The van der Waals surface area contributed by atoms with Crippen molar-refractivity contribution >= 4 is 11.9 Å². The van der Waals surface area contributed by atoms with Crippen LogP contribution in [0.15, 0.2) is 47.5 Å². The van der Waals surface area contributed by atoms with Crippen molar-refractivity contribution in [3.8, 4) is 5.75 Å². The van der Waals surface area contributed by atoms with E-state index in [1.54, 1.807) is 18.5 Å². The number of halogens is 3. The molecule has 0 saturated carbocycles. The Morgan fingerprint density at radius 1 is 1.34 bits per heavy atom. The van der Waals surface area contributed by atoms with Crippen molar-refractivity contribution < 1.29 is 41.8 Å². The van der Waals surface area contributed by atoms with Crippen LogP contribution in [0.4, 0.5) is 13.2 Å². The summed E-state index contributed by atoms with van der Waals surface area (Å²) in [6.07, 6.45) is 4.34. The third-order valence-electron chi connectivity index (χ3n) is 5.45. The van der Waals surface area contributed by atoms with Crippen LogP contribution in [0.3, 0.4) is 0 Å². The van der Waals surface area contributed by atoms with Crippen molar-refractivity contribution in [3.05, 3.63) is 48.7 Å². The number of aromatic nitrogens is 1. The molecule has 0 aliphatic carbocycles. The molecule has 0 bridgehead atoms. The van der Waals surface area contributed by atoms with Crippen molar-refractivity contribution in [1.29, 1.82) is 0 Å². The second kappa shape index (κ2) is 10.0. The molecule has 4 heterocycles. The highest BCUT2D eigenvalue weighted by atomic mass is 19.4. The lowest BCUT2D eigenvalue weighted by Gasteiger charge is -2.50. The Kier molecular flexibility index (Phi) is 7.39. The number of amides is 1. The number of carboxylic acid groups (broad SMARTS) is 1. The highest BCUT2D eigenvalue weighted by Gasteiger charge is 2.48. The topological polar surface area (TPSA) is 102 Å². The van der Waals surface area contributed by atoms with E-state index in [9.17, 15) is 18.0 Å². The van der Waals surface area contributed by atoms with Gasteiger partial charge in [0, 0.05) is 31.3 Å². The molecule has 2 aromatic heterocycles. The highest BCUT2D eigenvalue weighted by molar-refractivity contribution is 5.93. The van der Waals surface area contributed by atoms with Gasteiger partial charge in [-0.3, -0.25) is 9.78 Å². The van der Waals surface area contributed by atoms with Gasteiger partial charge in [0.15, 0.2) is 0 Å². The second-order valence-corrected chi connectivity index (χ2v) is 7.63. The largest absolute Gasteiger partial charge is 0.491 e. The van der Waals surface area contributed by atoms with E-state index in [1.165, 1.54) is 12.5 Å². The number of aliphatic carboxylic acids is 1. The first kappa shape index (κ1) is 23.6. The van der Waals surface area contributed by atoms with Crippen LogP contribution in [0.1, 0.15) is 29.6 Å². The fourth-order valence-corrected chi connectivity index (χ4v) is 3.90. The SMILES string of the molecule is O=C(O)C(F)(F)F.O=C(c1ccoc1)N1CCC2OCCCC2(COc2cccnc2)C1. The standard InChI is InChI=1S/C19H22N2O4.C2HF3O2/c22-18(15-5-10-23-12-15)21-8-4-17-19(13-21,6-2-9-24-17)14-25-16-3-1-7-20-11-16;3-2(4,5)1(6)7/h1,3,5,7,10-12,17H,2,4,6,8-9,13-14H2;(H,6,7). The van der Waals surface area contributed by atoms with Gasteiger partial charge in [-0.1, -0.05) is 0 Å². The molecular weight excluding hydrogens is 433 g/mol. The molecule has 2 aliphatic heterocycles. The molecule has 4 rings (SSSR count). The molecule has 0 spiro atoms. The number of nitrogens with zero attached hydrogens (tertiary/aromatic N) is 2. The van der Waals surface area contributed by atoms with E-state index in [1.807, 2.05) is 17.0 Å². The molecule has 11 heteroatoms. The molecule has 0 radical (unpaired) electrons. The average molecular weight is 456 g/mol. The van der Waals surface area contributed by atoms with Gasteiger partial charge >= 0.3 is 12.1 Å². The number of pyridine rings is 1. The molecule has 8 nitrogen and oxygen atoms in total. The van der Waals surface area contributed by atoms with Gasteiger partial charge in [0.25, 0.3) is 5.91 Å². The molecule has 2 unspecified atom stereocenters. The summed E-state index contributed by atoms with van der Waals surface area (Å²) >= 11 is 0. The lowest BCUT2D eigenvalue weighted by molar-refractivity contribution is -0.192. The first-order chi connectivity index (χ1) is 15.2. The lowest BCUT2D eigenvalue weighted by atomic mass is 9.73. The summed E-state index contributed by atoms with van der Waals surface area (Å²) in [5, 5.41) is 7.12. The number of hydrogen-bond donors (Lipinski definition) is 1. The fraction of sp³-hybridized carbons (Fsp3) is 0.476. The van der Waals surface area contributed by atoms with Gasteiger partial charge in [-0.15, -0.1) is 0 Å². The minimum absolute atomic E-state index is 0.0125. The number of ether oxygens (including phenoxy) is 2. The Balaban J connectivity index is 0.000000360. The number of fused-ring (bicyclic) bond motifs is 1. The van der Waals surface area contributed by atoms with E-state index >= 15 is 0 Å². The summed E-state index contributed by atoms with van der Waals surface area (Å²) < 4.78 is 48.9. The number of hydrogen-bond acceptors (Lipinski definition) is 6. The molecule has 2 atom stereocenters. The van der Waals surface area contributed by atoms with Crippen LogP contribution in [0.2, 0.25) is 0 Å². The third kappa shape index (κ3) is 5.78. The van der Waals surface area contributed by atoms with E-state index in [-0.39, 0.29) is 17.4 Å². The summed E-state index contributed by atoms with van der Waals surface area (Å²) in [7, 11) is 0. The summed E-state index contributed by atoms with van der Waals surface area (Å²) in [6.45, 7) is 2.65. The monoisotopic (exact) mass is 456 g/mol. The Morgan fingerprint density at radius 2 is 2.12 bits per heavy atom. The number of rotatable bonds is 4. The van der Waals surface area contributed by atoms with Crippen LogP contribution in [0.5, 0.6) is 5.75 Å². The quantitative estimate of drug-likeness (QED) is 0.752. The Bertz CT molecular complexity index is 891. The molecule has 2 aliphatic rings. The predicted octanol–water partition coefficient (Wildman–Crippen LogP) is 3.40. The van der Waals surface area contributed by atoms with Gasteiger partial charge in [-0.05, 0) is 37.5 Å². The van der Waals surface area contributed by atoms with E-state index < -0.39 is 12.1 Å². The molecule has 0 aromatic carbocycles. The van der Waals surface area contributed by atoms with Crippen LogP contribution in [-0.4, -0.2) is 65.5 Å². The van der Waals surface area contributed by atoms with Crippen molar-refractivity contribution in [2.75, 3.05) is 26.3 Å². The fourth-order valence-electron chi connectivity index (χ4n) is 3.90. The van der Waals surface area contributed by atoms with E-state index in [0.717, 1.165) is 31.6 Å². The van der Waals surface area contributed by atoms with Gasteiger partial charge in [0.05, 0.1) is 30.7 Å². The molecule has 174 valence electrons. The maximum Gasteiger partial charge on any atom is 0.490 e. The van der Waals surface area contributed by atoms with Crippen molar-refractivity contribution in [2.24, 2.45) is 5.41 Å². The molecule has 2 saturated heterocycles. The van der Waals surface area contributed by atoms with Crippen molar-refractivity contribution in [3.63, 3.8) is 0 Å². The van der Waals surface area contributed by atoms with Crippen molar-refractivity contribution in [2.45, 2.75) is 31.5 Å². The third-order valence-corrected chi connectivity index (χ3v) is 5.45. The Hall–Kier alpha value is -3.08. The van der Waals surface area contributed by atoms with Crippen molar-refractivity contribution in [1.82, 2.24) is 9.88 Å². The molecule has 2 aromatic rings. The van der Waals surface area contributed by atoms with E-state index in [2.05, 4.69) is 4.98 Å². The Labute approximate surface area is 181 Å². The van der Waals surface area contributed by atoms with Crippen LogP contribution < -0.4 is 4.74 Å². The van der Waals surface area contributed by atoms with Crippen LogP contribution >= 0.6 is 0 Å². The zero-order valence-electron chi connectivity index (χ0n) is 17.1. The first-order valence-electron chi connectivity index (χ1n) is 9.97. The molecule has 1 N–H and O–H groups in total. The summed E-state index contributed by atoms with van der Waals surface area (Å²) in [6, 6.07) is 5.47. The first-order valence-corrected chi connectivity index (χ1v) is 9.97. The molecule has 32 heavy (non-hydrogen) atoms. The summed E-state index contributed by atoms with van der Waals surface area (Å²) in [4.78, 5) is 27.6. The number of carboxylic acids is 1. The second-order valence-electron chi connectivity index (χ2n) is 7.63. The minimum atomic E-state index is -5.08. The average Bonchev–Trinajstić information content (AvgIpc) is 3.32. The normalized spacial score (nSPS) is 22.8. The molecule has 2 fully saturated rings. The predicted molar refractivity (Wildman–Crippen MR) is 104 cm³/mol. The van der Waals surface area contributed by atoms with Gasteiger partial charge < -0.3 is 23.9 Å². The lowest BCUT2D eigenvalue weighted by Crippen LogP contribution is -2.58. The maximum atomic E-state index is 12.7. The highest BCUT2D eigenvalue weighted by Crippen LogP contribution is 2.41. The van der Waals surface area contributed by atoms with E-state index in [4.69, 9.17) is 23.8 Å². The smallest absolute Gasteiger partial charge is 0.490 e. The zero-order valence-corrected chi connectivity index (χ0v) is 17.1. The number of likely N-dealkylation sites (tertiary alicyclic amines) is 1. The van der Waals surface area contributed by atoms with Gasteiger partial charge in [-0.2, -0.15) is 13.2 Å². The number of alkyl halides is 3. The van der Waals surface area contributed by atoms with Gasteiger partial charge in [0.1, 0.15) is 12.0 Å².